The van der Waals surface area contributed by atoms with Crippen LogP contribution in [0.4, 0.5) is 5.69 Å². The van der Waals surface area contributed by atoms with Crippen molar-refractivity contribution < 1.29 is 14.3 Å². The van der Waals surface area contributed by atoms with Gasteiger partial charge in [-0.2, -0.15) is 0 Å². The SMILES string of the molecule is Cc1ccc(C(C)C)c(OCc2ccc(NC(=O)C(N)C3CCOCC3)cc2)c1.Cl. The lowest BCUT2D eigenvalue weighted by molar-refractivity contribution is -0.119. The maximum Gasteiger partial charge on any atom is 0.241 e. The van der Waals surface area contributed by atoms with Crippen molar-refractivity contribution in [3.63, 3.8) is 0 Å². The number of nitrogens with two attached hydrogens (primary N) is 1. The van der Waals surface area contributed by atoms with Gasteiger partial charge in [0.15, 0.2) is 0 Å². The molecule has 0 aromatic heterocycles. The number of carbonyl (C=O) groups is 1. The van der Waals surface area contributed by atoms with Gasteiger partial charge in [0, 0.05) is 18.9 Å². The van der Waals surface area contributed by atoms with Gasteiger partial charge in [-0.25, -0.2) is 0 Å². The van der Waals surface area contributed by atoms with Gasteiger partial charge in [0.05, 0.1) is 6.04 Å². The Morgan fingerprint density at radius 2 is 1.83 bits per heavy atom. The zero-order valence-corrected chi connectivity index (χ0v) is 18.8. The minimum Gasteiger partial charge on any atom is -0.489 e. The molecule has 1 heterocycles. The number of nitrogens with one attached hydrogen (secondary N) is 1. The van der Waals surface area contributed by atoms with Gasteiger partial charge in [0.25, 0.3) is 0 Å². The molecular formula is C24H33ClN2O3. The summed E-state index contributed by atoms with van der Waals surface area (Å²) in [5.74, 6) is 1.38. The smallest absolute Gasteiger partial charge is 0.241 e. The second-order valence-electron chi connectivity index (χ2n) is 8.15. The van der Waals surface area contributed by atoms with Gasteiger partial charge in [-0.05, 0) is 66.5 Å². The number of rotatable bonds is 7. The third-order valence-corrected chi connectivity index (χ3v) is 5.48. The van der Waals surface area contributed by atoms with E-state index in [0.717, 1.165) is 29.8 Å². The Hall–Kier alpha value is -2.08. The van der Waals surface area contributed by atoms with Gasteiger partial charge < -0.3 is 20.5 Å². The van der Waals surface area contributed by atoms with Crippen molar-refractivity contribution in [3.05, 3.63) is 59.2 Å². The van der Waals surface area contributed by atoms with Gasteiger partial charge >= 0.3 is 0 Å². The predicted molar refractivity (Wildman–Crippen MR) is 123 cm³/mol. The highest BCUT2D eigenvalue weighted by atomic mass is 35.5. The van der Waals surface area contributed by atoms with E-state index in [4.69, 9.17) is 15.2 Å². The molecule has 5 nitrogen and oxygen atoms in total. The van der Waals surface area contributed by atoms with Gasteiger partial charge in [-0.1, -0.05) is 38.1 Å². The van der Waals surface area contributed by atoms with E-state index in [2.05, 4.69) is 44.3 Å². The number of halogens is 1. The van der Waals surface area contributed by atoms with Gasteiger partial charge in [0.1, 0.15) is 12.4 Å². The molecule has 2 aromatic rings. The zero-order chi connectivity index (χ0) is 20.8. The Morgan fingerprint density at radius 1 is 1.17 bits per heavy atom. The molecule has 0 spiro atoms. The average molecular weight is 433 g/mol. The summed E-state index contributed by atoms with van der Waals surface area (Å²) in [5.41, 5.74) is 10.3. The molecule has 164 valence electrons. The predicted octanol–water partition coefficient (Wildman–Crippen LogP) is 4.81. The van der Waals surface area contributed by atoms with E-state index in [1.165, 1.54) is 11.1 Å². The van der Waals surface area contributed by atoms with Crippen molar-refractivity contribution in [3.8, 4) is 5.75 Å². The van der Waals surface area contributed by atoms with Crippen LogP contribution in [0.5, 0.6) is 5.75 Å². The van der Waals surface area contributed by atoms with Crippen LogP contribution in [0.15, 0.2) is 42.5 Å². The standard InChI is InChI=1S/C24H32N2O3.ClH/c1-16(2)21-9-4-17(3)14-22(21)29-15-18-5-7-20(8-6-18)26-24(27)23(25)19-10-12-28-13-11-19;/h4-9,14,16,19,23H,10-13,15,25H2,1-3H3,(H,26,27);1H. The van der Waals surface area contributed by atoms with E-state index < -0.39 is 6.04 Å². The molecule has 30 heavy (non-hydrogen) atoms. The number of hydrogen-bond donors (Lipinski definition) is 2. The highest BCUT2D eigenvalue weighted by Gasteiger charge is 2.26. The van der Waals surface area contributed by atoms with Crippen molar-refractivity contribution in [2.24, 2.45) is 11.7 Å². The van der Waals surface area contributed by atoms with E-state index in [-0.39, 0.29) is 24.2 Å². The van der Waals surface area contributed by atoms with Crippen LogP contribution >= 0.6 is 12.4 Å². The first-order chi connectivity index (χ1) is 13.9. The van der Waals surface area contributed by atoms with E-state index in [1.54, 1.807) is 0 Å². The fourth-order valence-electron chi connectivity index (χ4n) is 3.60. The molecule has 0 aliphatic carbocycles. The molecule has 6 heteroatoms. The number of benzene rings is 2. The maximum absolute atomic E-state index is 12.4. The quantitative estimate of drug-likeness (QED) is 0.658. The number of aryl methyl sites for hydroxylation is 1. The van der Waals surface area contributed by atoms with Crippen LogP contribution in [-0.2, 0) is 16.1 Å². The Kier molecular flexibility index (Phi) is 9.15. The van der Waals surface area contributed by atoms with E-state index in [9.17, 15) is 4.79 Å². The largest absolute Gasteiger partial charge is 0.489 e. The van der Waals surface area contributed by atoms with Crippen molar-refractivity contribution in [2.45, 2.75) is 52.2 Å². The summed E-state index contributed by atoms with van der Waals surface area (Å²) < 4.78 is 11.4. The van der Waals surface area contributed by atoms with E-state index in [0.29, 0.717) is 25.7 Å². The Morgan fingerprint density at radius 3 is 2.47 bits per heavy atom. The highest BCUT2D eigenvalue weighted by molar-refractivity contribution is 5.94. The first-order valence-corrected chi connectivity index (χ1v) is 10.4. The summed E-state index contributed by atoms with van der Waals surface area (Å²) in [7, 11) is 0. The fourth-order valence-corrected chi connectivity index (χ4v) is 3.60. The molecule has 0 radical (unpaired) electrons. The second-order valence-corrected chi connectivity index (χ2v) is 8.15. The molecule has 1 amide bonds. The molecule has 1 saturated heterocycles. The minimum atomic E-state index is -0.502. The summed E-state index contributed by atoms with van der Waals surface area (Å²) in [5, 5.41) is 2.93. The minimum absolute atomic E-state index is 0. The van der Waals surface area contributed by atoms with Gasteiger partial charge in [-0.15, -0.1) is 12.4 Å². The van der Waals surface area contributed by atoms with Crippen LogP contribution in [0, 0.1) is 12.8 Å². The monoisotopic (exact) mass is 432 g/mol. The molecule has 1 unspecified atom stereocenters. The molecule has 1 fully saturated rings. The lowest BCUT2D eigenvalue weighted by atomic mass is 9.92. The number of anilines is 1. The highest BCUT2D eigenvalue weighted by Crippen LogP contribution is 2.28. The summed E-state index contributed by atoms with van der Waals surface area (Å²) in [4.78, 5) is 12.4. The van der Waals surface area contributed by atoms with E-state index in [1.807, 2.05) is 24.3 Å². The van der Waals surface area contributed by atoms with Crippen LogP contribution < -0.4 is 15.8 Å². The number of carbonyl (C=O) groups excluding carboxylic acids is 1. The molecular weight excluding hydrogens is 400 g/mol. The molecule has 3 rings (SSSR count). The normalized spacial score (nSPS) is 15.4. The molecule has 0 bridgehead atoms. The average Bonchev–Trinajstić information content (AvgIpc) is 2.73. The van der Waals surface area contributed by atoms with Crippen LogP contribution in [0.2, 0.25) is 0 Å². The molecule has 1 aliphatic rings. The van der Waals surface area contributed by atoms with Crippen LogP contribution in [0.25, 0.3) is 0 Å². The third kappa shape index (κ3) is 6.46. The summed E-state index contributed by atoms with van der Waals surface area (Å²) in [6, 6.07) is 13.6. The summed E-state index contributed by atoms with van der Waals surface area (Å²) in [6.07, 6.45) is 1.67. The first kappa shape index (κ1) is 24.2. The number of amides is 1. The number of ether oxygens (including phenoxy) is 2. The molecule has 1 aliphatic heterocycles. The Bertz CT molecular complexity index is 818. The Balaban J connectivity index is 0.00000320. The lowest BCUT2D eigenvalue weighted by Crippen LogP contribution is -2.43. The van der Waals surface area contributed by atoms with Crippen molar-refractivity contribution in [2.75, 3.05) is 18.5 Å². The van der Waals surface area contributed by atoms with Gasteiger partial charge in [-0.3, -0.25) is 4.79 Å². The first-order valence-electron chi connectivity index (χ1n) is 10.4. The van der Waals surface area contributed by atoms with Crippen LogP contribution in [0.3, 0.4) is 0 Å². The molecule has 3 N–H and O–H groups in total. The fraction of sp³-hybridized carbons (Fsp3) is 0.458. The summed E-state index contributed by atoms with van der Waals surface area (Å²) in [6.45, 7) is 8.25. The van der Waals surface area contributed by atoms with Crippen LogP contribution in [0.1, 0.15) is 49.3 Å². The van der Waals surface area contributed by atoms with E-state index >= 15 is 0 Å². The van der Waals surface area contributed by atoms with Crippen molar-refractivity contribution in [1.29, 1.82) is 0 Å². The van der Waals surface area contributed by atoms with Gasteiger partial charge in [0.2, 0.25) is 5.91 Å². The lowest BCUT2D eigenvalue weighted by Gasteiger charge is -2.26. The molecule has 1 atom stereocenters. The van der Waals surface area contributed by atoms with Crippen molar-refractivity contribution in [1.82, 2.24) is 0 Å². The Labute approximate surface area is 185 Å². The number of hydrogen-bond acceptors (Lipinski definition) is 4. The topological polar surface area (TPSA) is 73.6 Å². The van der Waals surface area contributed by atoms with Crippen molar-refractivity contribution >= 4 is 24.0 Å². The third-order valence-electron chi connectivity index (χ3n) is 5.48. The molecule has 2 aromatic carbocycles. The van der Waals surface area contributed by atoms with Crippen LogP contribution in [-0.4, -0.2) is 25.2 Å². The second kappa shape index (κ2) is 11.3. The molecule has 0 saturated carbocycles. The summed E-state index contributed by atoms with van der Waals surface area (Å²) >= 11 is 0. The zero-order valence-electron chi connectivity index (χ0n) is 18.0. The maximum atomic E-state index is 12.4.